The molecule has 1 atom stereocenters. The van der Waals surface area contributed by atoms with Gasteiger partial charge >= 0.3 is 0 Å². The highest BCUT2D eigenvalue weighted by atomic mass is 35.5. The van der Waals surface area contributed by atoms with Crippen molar-refractivity contribution in [2.24, 2.45) is 0 Å². The van der Waals surface area contributed by atoms with Crippen molar-refractivity contribution in [3.63, 3.8) is 0 Å². The summed E-state index contributed by atoms with van der Waals surface area (Å²) >= 11 is 5.86. The molecule has 1 aromatic carbocycles. The minimum Gasteiger partial charge on any atom is -0.337 e. The topological polar surface area (TPSA) is 84.3 Å². The van der Waals surface area contributed by atoms with E-state index in [2.05, 4.69) is 9.82 Å². The van der Waals surface area contributed by atoms with E-state index in [1.54, 1.807) is 27.9 Å². The number of sulfonamides is 1. The van der Waals surface area contributed by atoms with Crippen molar-refractivity contribution in [2.45, 2.75) is 12.5 Å². The van der Waals surface area contributed by atoms with Crippen molar-refractivity contribution in [2.75, 3.05) is 19.3 Å². The number of likely N-dealkylation sites (tertiary alicyclic amines) is 1. The molecule has 0 radical (unpaired) electrons. The fraction of sp³-hybridized carbons (Fsp3) is 0.333. The molecule has 0 aliphatic carbocycles. The van der Waals surface area contributed by atoms with Gasteiger partial charge in [-0.1, -0.05) is 11.6 Å². The summed E-state index contributed by atoms with van der Waals surface area (Å²) in [6, 6.07) is 6.89. The smallest absolute Gasteiger partial charge is 0.257 e. The van der Waals surface area contributed by atoms with Crippen LogP contribution in [0.3, 0.4) is 0 Å². The summed E-state index contributed by atoms with van der Waals surface area (Å²) in [5, 5.41) is 4.83. The molecule has 1 aliphatic rings. The van der Waals surface area contributed by atoms with Gasteiger partial charge < -0.3 is 4.90 Å². The predicted molar refractivity (Wildman–Crippen MR) is 90.9 cm³/mol. The molecular weight excluding hydrogens is 352 g/mol. The number of aromatic nitrogens is 2. The number of nitrogens with one attached hydrogen (secondary N) is 1. The minimum absolute atomic E-state index is 0.159. The third-order valence-corrected chi connectivity index (χ3v) is 4.79. The Bertz CT molecular complexity index is 848. The van der Waals surface area contributed by atoms with E-state index in [0.717, 1.165) is 11.9 Å². The van der Waals surface area contributed by atoms with Gasteiger partial charge in [0.05, 0.1) is 23.7 Å². The molecule has 24 heavy (non-hydrogen) atoms. The summed E-state index contributed by atoms with van der Waals surface area (Å²) in [6.07, 6.45) is 4.88. The lowest BCUT2D eigenvalue weighted by Gasteiger charge is -2.15. The molecule has 0 bridgehead atoms. The Hall–Kier alpha value is -1.90. The fourth-order valence-corrected chi connectivity index (χ4v) is 3.62. The molecular formula is C15H17ClN4O3S. The molecule has 0 saturated carbocycles. The zero-order valence-electron chi connectivity index (χ0n) is 13.0. The first kappa shape index (κ1) is 16.9. The first-order valence-electron chi connectivity index (χ1n) is 7.39. The van der Waals surface area contributed by atoms with Gasteiger partial charge in [-0.15, -0.1) is 0 Å². The van der Waals surface area contributed by atoms with Gasteiger partial charge in [-0.3, -0.25) is 4.79 Å². The van der Waals surface area contributed by atoms with Crippen LogP contribution < -0.4 is 4.72 Å². The number of carbonyl (C=O) groups excluding carboxylic acids is 1. The Labute approximate surface area is 145 Å². The maximum atomic E-state index is 12.5. The lowest BCUT2D eigenvalue weighted by atomic mass is 10.3. The predicted octanol–water partition coefficient (Wildman–Crippen LogP) is 1.29. The van der Waals surface area contributed by atoms with Crippen LogP contribution in [0, 0.1) is 0 Å². The van der Waals surface area contributed by atoms with Crippen LogP contribution in [0.15, 0.2) is 36.7 Å². The third-order valence-electron chi connectivity index (χ3n) is 3.78. The van der Waals surface area contributed by atoms with Crippen LogP contribution in [0.2, 0.25) is 5.02 Å². The average molecular weight is 369 g/mol. The molecule has 128 valence electrons. The summed E-state index contributed by atoms with van der Waals surface area (Å²) in [4.78, 5) is 14.2. The lowest BCUT2D eigenvalue weighted by molar-refractivity contribution is 0.0790. The third kappa shape index (κ3) is 3.95. The quantitative estimate of drug-likeness (QED) is 0.881. The van der Waals surface area contributed by atoms with Crippen molar-refractivity contribution in [1.29, 1.82) is 0 Å². The number of halogens is 1. The van der Waals surface area contributed by atoms with E-state index in [1.165, 1.54) is 6.20 Å². The van der Waals surface area contributed by atoms with Crippen molar-refractivity contribution < 1.29 is 13.2 Å². The highest BCUT2D eigenvalue weighted by Crippen LogP contribution is 2.16. The van der Waals surface area contributed by atoms with E-state index in [4.69, 9.17) is 11.6 Å². The second-order valence-electron chi connectivity index (χ2n) is 5.78. The highest BCUT2D eigenvalue weighted by molar-refractivity contribution is 7.88. The molecule has 1 amide bonds. The number of amides is 1. The molecule has 1 aromatic heterocycles. The summed E-state index contributed by atoms with van der Waals surface area (Å²) in [5.41, 5.74) is 1.27. The van der Waals surface area contributed by atoms with Crippen molar-refractivity contribution in [3.8, 4) is 5.69 Å². The van der Waals surface area contributed by atoms with Crippen LogP contribution in [0.25, 0.3) is 5.69 Å². The van der Waals surface area contributed by atoms with E-state index < -0.39 is 10.0 Å². The molecule has 2 heterocycles. The van der Waals surface area contributed by atoms with Crippen LogP contribution in [0.5, 0.6) is 0 Å². The Balaban J connectivity index is 1.69. The fourth-order valence-electron chi connectivity index (χ4n) is 2.69. The van der Waals surface area contributed by atoms with Gasteiger partial charge in [-0.05, 0) is 30.7 Å². The van der Waals surface area contributed by atoms with Gasteiger partial charge in [0.1, 0.15) is 0 Å². The first-order chi connectivity index (χ1) is 11.3. The number of nitrogens with zero attached hydrogens (tertiary/aromatic N) is 3. The molecule has 1 fully saturated rings. The second kappa shape index (κ2) is 6.54. The van der Waals surface area contributed by atoms with Gasteiger partial charge in [0.15, 0.2) is 0 Å². The van der Waals surface area contributed by atoms with Gasteiger partial charge in [-0.25, -0.2) is 17.8 Å². The molecule has 2 aromatic rings. The standard InChI is InChI=1S/C15H17ClN4O3S/c1-24(22,23)18-13-6-7-19(10-13)15(21)11-8-17-20(9-11)14-4-2-12(16)3-5-14/h2-5,8-9,13,18H,6-7,10H2,1H3. The van der Waals surface area contributed by atoms with Crippen LogP contribution >= 0.6 is 11.6 Å². The zero-order chi connectivity index (χ0) is 17.3. The van der Waals surface area contributed by atoms with Crippen LogP contribution in [-0.2, 0) is 10.0 Å². The molecule has 9 heteroatoms. The molecule has 3 rings (SSSR count). The van der Waals surface area contributed by atoms with Gasteiger partial charge in [0, 0.05) is 30.4 Å². The van der Waals surface area contributed by atoms with E-state index in [1.807, 2.05) is 12.1 Å². The van der Waals surface area contributed by atoms with Gasteiger partial charge in [-0.2, -0.15) is 5.10 Å². The van der Waals surface area contributed by atoms with Crippen LogP contribution in [0.1, 0.15) is 16.8 Å². The number of hydrogen-bond donors (Lipinski definition) is 1. The minimum atomic E-state index is -3.27. The second-order valence-corrected chi connectivity index (χ2v) is 7.99. The van der Waals surface area contributed by atoms with E-state index in [0.29, 0.717) is 30.1 Å². The summed E-state index contributed by atoms with van der Waals surface area (Å²) in [5.74, 6) is -0.159. The summed E-state index contributed by atoms with van der Waals surface area (Å²) in [7, 11) is -3.27. The molecule has 1 aliphatic heterocycles. The Morgan fingerprint density at radius 1 is 1.33 bits per heavy atom. The average Bonchev–Trinajstić information content (AvgIpc) is 3.15. The number of hydrogen-bond acceptors (Lipinski definition) is 4. The monoisotopic (exact) mass is 368 g/mol. The normalized spacial score (nSPS) is 18.1. The van der Waals surface area contributed by atoms with E-state index in [-0.39, 0.29) is 11.9 Å². The van der Waals surface area contributed by atoms with E-state index in [9.17, 15) is 13.2 Å². The zero-order valence-corrected chi connectivity index (χ0v) is 14.6. The Morgan fingerprint density at radius 2 is 2.04 bits per heavy atom. The number of benzene rings is 1. The Morgan fingerprint density at radius 3 is 2.71 bits per heavy atom. The van der Waals surface area contributed by atoms with Crippen LogP contribution in [-0.4, -0.2) is 54.4 Å². The molecule has 1 saturated heterocycles. The highest BCUT2D eigenvalue weighted by Gasteiger charge is 2.29. The molecule has 7 nitrogen and oxygen atoms in total. The van der Waals surface area contributed by atoms with Crippen LogP contribution in [0.4, 0.5) is 0 Å². The largest absolute Gasteiger partial charge is 0.337 e. The molecule has 0 spiro atoms. The molecule has 1 N–H and O–H groups in total. The molecule has 1 unspecified atom stereocenters. The van der Waals surface area contributed by atoms with Crippen molar-refractivity contribution >= 4 is 27.5 Å². The number of rotatable bonds is 4. The van der Waals surface area contributed by atoms with E-state index >= 15 is 0 Å². The van der Waals surface area contributed by atoms with Gasteiger partial charge in [0.25, 0.3) is 5.91 Å². The maximum Gasteiger partial charge on any atom is 0.257 e. The van der Waals surface area contributed by atoms with Crippen molar-refractivity contribution in [1.82, 2.24) is 19.4 Å². The Kier molecular flexibility index (Phi) is 4.62. The summed E-state index contributed by atoms with van der Waals surface area (Å²) in [6.45, 7) is 0.871. The lowest BCUT2D eigenvalue weighted by Crippen LogP contribution is -2.37. The maximum absolute atomic E-state index is 12.5. The first-order valence-corrected chi connectivity index (χ1v) is 9.66. The SMILES string of the molecule is CS(=O)(=O)NC1CCN(C(=O)c2cnn(-c3ccc(Cl)cc3)c2)C1. The number of carbonyl (C=O) groups is 1. The summed E-state index contributed by atoms with van der Waals surface area (Å²) < 4.78 is 26.7. The van der Waals surface area contributed by atoms with Gasteiger partial charge in [0.2, 0.25) is 10.0 Å². The van der Waals surface area contributed by atoms with Crippen molar-refractivity contribution in [3.05, 3.63) is 47.2 Å².